The summed E-state index contributed by atoms with van der Waals surface area (Å²) >= 11 is 0. The first-order valence-electron chi connectivity index (χ1n) is 6.85. The Kier molecular flexibility index (Phi) is 3.27. The standard InChI is InChI=1S/C14H21N3/c1-2-8-17(9-3-1)14-11-15-7-6-12(14)10-16-13-4-5-13/h6-7,11,13,16H,1-5,8-10H2. The lowest BCUT2D eigenvalue weighted by Crippen LogP contribution is -2.31. The number of rotatable bonds is 4. The summed E-state index contributed by atoms with van der Waals surface area (Å²) in [4.78, 5) is 6.79. The van der Waals surface area contributed by atoms with E-state index in [9.17, 15) is 0 Å². The van der Waals surface area contributed by atoms with Gasteiger partial charge in [-0.3, -0.25) is 4.98 Å². The lowest BCUT2D eigenvalue weighted by molar-refractivity contribution is 0.573. The Labute approximate surface area is 103 Å². The summed E-state index contributed by atoms with van der Waals surface area (Å²) < 4.78 is 0. The van der Waals surface area contributed by atoms with Crippen LogP contribution in [0.3, 0.4) is 0 Å². The van der Waals surface area contributed by atoms with Gasteiger partial charge >= 0.3 is 0 Å². The van der Waals surface area contributed by atoms with Crippen molar-refractivity contribution < 1.29 is 0 Å². The van der Waals surface area contributed by atoms with Crippen LogP contribution in [-0.4, -0.2) is 24.1 Å². The molecule has 2 aliphatic rings. The number of piperidine rings is 1. The van der Waals surface area contributed by atoms with E-state index < -0.39 is 0 Å². The van der Waals surface area contributed by atoms with Crippen molar-refractivity contribution in [2.45, 2.75) is 44.7 Å². The molecule has 1 N–H and O–H groups in total. The van der Waals surface area contributed by atoms with Crippen LogP contribution in [0, 0.1) is 0 Å². The SMILES string of the molecule is c1cc(CNC2CC2)c(N2CCCCC2)cn1. The minimum absolute atomic E-state index is 0.775. The zero-order valence-corrected chi connectivity index (χ0v) is 10.4. The molecule has 3 rings (SSSR count). The van der Waals surface area contributed by atoms with Gasteiger partial charge in [0.25, 0.3) is 0 Å². The van der Waals surface area contributed by atoms with Crippen LogP contribution in [0.1, 0.15) is 37.7 Å². The monoisotopic (exact) mass is 231 g/mol. The van der Waals surface area contributed by atoms with E-state index >= 15 is 0 Å². The van der Waals surface area contributed by atoms with E-state index in [-0.39, 0.29) is 0 Å². The Hall–Kier alpha value is -1.09. The van der Waals surface area contributed by atoms with Gasteiger partial charge in [-0.15, -0.1) is 0 Å². The van der Waals surface area contributed by atoms with Crippen LogP contribution in [0.25, 0.3) is 0 Å². The predicted octanol–water partition coefficient (Wildman–Crippen LogP) is 2.32. The minimum atomic E-state index is 0.775. The first-order chi connectivity index (χ1) is 8.43. The molecule has 1 saturated heterocycles. The summed E-state index contributed by atoms with van der Waals surface area (Å²) in [5.74, 6) is 0. The van der Waals surface area contributed by atoms with Crippen LogP contribution in [0.5, 0.6) is 0 Å². The number of nitrogens with one attached hydrogen (secondary N) is 1. The molecule has 0 unspecified atom stereocenters. The highest BCUT2D eigenvalue weighted by Gasteiger charge is 2.21. The summed E-state index contributed by atoms with van der Waals surface area (Å²) in [6.07, 6.45) is 10.7. The maximum Gasteiger partial charge on any atom is 0.0598 e. The quantitative estimate of drug-likeness (QED) is 0.862. The van der Waals surface area contributed by atoms with Gasteiger partial charge in [0.2, 0.25) is 0 Å². The molecule has 0 aromatic carbocycles. The molecule has 0 radical (unpaired) electrons. The molecule has 3 heteroatoms. The molecule has 1 aromatic heterocycles. The second-order valence-electron chi connectivity index (χ2n) is 5.21. The second kappa shape index (κ2) is 5.05. The lowest BCUT2D eigenvalue weighted by Gasteiger charge is -2.30. The van der Waals surface area contributed by atoms with Crippen LogP contribution in [0.2, 0.25) is 0 Å². The fraction of sp³-hybridized carbons (Fsp3) is 0.643. The minimum Gasteiger partial charge on any atom is -0.370 e. The van der Waals surface area contributed by atoms with Gasteiger partial charge in [-0.2, -0.15) is 0 Å². The third kappa shape index (κ3) is 2.78. The van der Waals surface area contributed by atoms with Crippen molar-refractivity contribution in [3.8, 4) is 0 Å². The molecule has 0 spiro atoms. The maximum atomic E-state index is 4.29. The lowest BCUT2D eigenvalue weighted by atomic mass is 10.1. The first kappa shape index (κ1) is 11.0. The highest BCUT2D eigenvalue weighted by atomic mass is 15.1. The number of hydrogen-bond acceptors (Lipinski definition) is 3. The molecule has 92 valence electrons. The summed E-state index contributed by atoms with van der Waals surface area (Å²) in [5.41, 5.74) is 2.76. The third-order valence-corrected chi connectivity index (χ3v) is 3.74. The molecule has 3 nitrogen and oxygen atoms in total. The van der Waals surface area contributed by atoms with Gasteiger partial charge < -0.3 is 10.2 Å². The van der Waals surface area contributed by atoms with Crippen molar-refractivity contribution in [3.63, 3.8) is 0 Å². The Bertz CT molecular complexity index is 367. The van der Waals surface area contributed by atoms with Crippen molar-refractivity contribution in [1.29, 1.82) is 0 Å². The van der Waals surface area contributed by atoms with E-state index in [1.165, 1.54) is 56.4 Å². The predicted molar refractivity (Wildman–Crippen MR) is 70.2 cm³/mol. The first-order valence-corrected chi connectivity index (χ1v) is 6.85. The van der Waals surface area contributed by atoms with Crippen LogP contribution in [0.4, 0.5) is 5.69 Å². The van der Waals surface area contributed by atoms with Gasteiger partial charge in [0, 0.05) is 31.9 Å². The highest BCUT2D eigenvalue weighted by molar-refractivity contribution is 5.51. The van der Waals surface area contributed by atoms with Crippen molar-refractivity contribution in [2.75, 3.05) is 18.0 Å². The second-order valence-corrected chi connectivity index (χ2v) is 5.21. The molecular weight excluding hydrogens is 210 g/mol. The Morgan fingerprint density at radius 1 is 1.24 bits per heavy atom. The Balaban J connectivity index is 1.71. The summed E-state index contributed by atoms with van der Waals surface area (Å²) in [6, 6.07) is 2.94. The summed E-state index contributed by atoms with van der Waals surface area (Å²) in [6.45, 7) is 3.39. The van der Waals surface area contributed by atoms with Crippen molar-refractivity contribution >= 4 is 5.69 Å². The molecule has 1 aliphatic heterocycles. The maximum absolute atomic E-state index is 4.29. The molecule has 0 bridgehead atoms. The van der Waals surface area contributed by atoms with Crippen LogP contribution in [0.15, 0.2) is 18.5 Å². The van der Waals surface area contributed by atoms with Gasteiger partial charge in [0.1, 0.15) is 0 Å². The zero-order valence-electron chi connectivity index (χ0n) is 10.4. The van der Waals surface area contributed by atoms with Crippen molar-refractivity contribution in [1.82, 2.24) is 10.3 Å². The van der Waals surface area contributed by atoms with E-state index in [0.717, 1.165) is 12.6 Å². The van der Waals surface area contributed by atoms with Crippen LogP contribution in [-0.2, 0) is 6.54 Å². The Morgan fingerprint density at radius 3 is 2.82 bits per heavy atom. The highest BCUT2D eigenvalue weighted by Crippen LogP contribution is 2.25. The molecule has 2 heterocycles. The van der Waals surface area contributed by atoms with Crippen LogP contribution >= 0.6 is 0 Å². The van der Waals surface area contributed by atoms with Gasteiger partial charge in [-0.25, -0.2) is 0 Å². The number of nitrogens with zero attached hydrogens (tertiary/aromatic N) is 2. The van der Waals surface area contributed by atoms with Crippen molar-refractivity contribution in [2.24, 2.45) is 0 Å². The fourth-order valence-corrected chi connectivity index (χ4v) is 2.53. The van der Waals surface area contributed by atoms with E-state index in [1.807, 2.05) is 12.4 Å². The number of pyridine rings is 1. The molecule has 2 fully saturated rings. The van der Waals surface area contributed by atoms with E-state index in [4.69, 9.17) is 0 Å². The topological polar surface area (TPSA) is 28.2 Å². The molecule has 1 saturated carbocycles. The molecule has 1 aliphatic carbocycles. The van der Waals surface area contributed by atoms with Gasteiger partial charge in [-0.1, -0.05) is 0 Å². The molecule has 17 heavy (non-hydrogen) atoms. The van der Waals surface area contributed by atoms with Gasteiger partial charge in [0.15, 0.2) is 0 Å². The van der Waals surface area contributed by atoms with E-state index in [2.05, 4.69) is 21.3 Å². The summed E-state index contributed by atoms with van der Waals surface area (Å²) in [7, 11) is 0. The Morgan fingerprint density at radius 2 is 2.06 bits per heavy atom. The number of aromatic nitrogens is 1. The molecule has 1 aromatic rings. The van der Waals surface area contributed by atoms with Crippen LogP contribution < -0.4 is 10.2 Å². The smallest absolute Gasteiger partial charge is 0.0598 e. The van der Waals surface area contributed by atoms with E-state index in [0.29, 0.717) is 0 Å². The molecule has 0 amide bonds. The average molecular weight is 231 g/mol. The zero-order chi connectivity index (χ0) is 11.5. The normalized spacial score (nSPS) is 20.6. The third-order valence-electron chi connectivity index (χ3n) is 3.74. The average Bonchev–Trinajstić information content (AvgIpc) is 3.22. The largest absolute Gasteiger partial charge is 0.370 e. The van der Waals surface area contributed by atoms with Gasteiger partial charge in [0.05, 0.1) is 11.9 Å². The van der Waals surface area contributed by atoms with E-state index in [1.54, 1.807) is 0 Å². The molecular formula is C14H21N3. The number of hydrogen-bond donors (Lipinski definition) is 1. The molecule has 0 atom stereocenters. The number of anilines is 1. The van der Waals surface area contributed by atoms with Gasteiger partial charge in [-0.05, 0) is 43.7 Å². The summed E-state index contributed by atoms with van der Waals surface area (Å²) in [5, 5.41) is 3.60. The fourth-order valence-electron chi connectivity index (χ4n) is 2.53. The van der Waals surface area contributed by atoms with Crippen molar-refractivity contribution in [3.05, 3.63) is 24.0 Å².